The molecule has 1 saturated heterocycles. The second-order valence-electron chi connectivity index (χ2n) is 3.64. The van der Waals surface area contributed by atoms with Gasteiger partial charge in [0.1, 0.15) is 0 Å². The van der Waals surface area contributed by atoms with Crippen LogP contribution in [0, 0.1) is 0 Å². The molecule has 0 aromatic rings. The summed E-state index contributed by atoms with van der Waals surface area (Å²) in [6, 6.07) is -0.365. The molecule has 0 aromatic heterocycles. The molecular weight excluding hydrogens is 257 g/mol. The lowest BCUT2D eigenvalue weighted by atomic mass is 10.2. The van der Waals surface area contributed by atoms with Crippen molar-refractivity contribution in [3.8, 4) is 0 Å². The van der Waals surface area contributed by atoms with Crippen LogP contribution in [0.1, 0.15) is 6.42 Å². The topological polar surface area (TPSA) is 50.4 Å². The summed E-state index contributed by atoms with van der Waals surface area (Å²) >= 11 is -0.137. The Morgan fingerprint density at radius 2 is 2.29 bits per heavy atom. The lowest BCUT2D eigenvalue weighted by Gasteiger charge is -2.11. The number of carbonyl (C=O) groups is 1. The molecule has 1 amide bonds. The molecule has 1 aliphatic rings. The van der Waals surface area contributed by atoms with Gasteiger partial charge in [0.15, 0.2) is 0 Å². The van der Waals surface area contributed by atoms with E-state index in [4.69, 9.17) is 4.74 Å². The maximum atomic E-state index is 11.8. The molecule has 0 spiro atoms. The number of alkyl halides is 3. The van der Waals surface area contributed by atoms with E-state index in [-0.39, 0.29) is 42.1 Å². The maximum absolute atomic E-state index is 11.8. The smallest absolute Gasteiger partial charge is 0.380 e. The molecule has 100 valence electrons. The summed E-state index contributed by atoms with van der Waals surface area (Å²) in [5.41, 5.74) is -4.24. The van der Waals surface area contributed by atoms with Crippen LogP contribution in [0.5, 0.6) is 0 Å². The molecular formula is C9H15F3N2O2S. The van der Waals surface area contributed by atoms with Crippen molar-refractivity contribution in [3.63, 3.8) is 0 Å². The lowest BCUT2D eigenvalue weighted by Crippen LogP contribution is -2.41. The highest BCUT2D eigenvalue weighted by atomic mass is 32.2. The Kier molecular flexibility index (Phi) is 5.54. The van der Waals surface area contributed by atoms with Crippen LogP contribution in [0.2, 0.25) is 0 Å². The number of carbonyl (C=O) groups excluding carboxylic acids is 1. The Morgan fingerprint density at radius 3 is 2.82 bits per heavy atom. The van der Waals surface area contributed by atoms with Crippen molar-refractivity contribution in [3.05, 3.63) is 0 Å². The number of hydrogen-bond acceptors (Lipinski definition) is 4. The predicted octanol–water partition coefficient (Wildman–Crippen LogP) is 0.732. The summed E-state index contributed by atoms with van der Waals surface area (Å²) in [4.78, 5) is 11.5. The third kappa shape index (κ3) is 5.60. The molecule has 1 rings (SSSR count). The predicted molar refractivity (Wildman–Crippen MR) is 58.7 cm³/mol. The standard InChI is InChI=1S/C9H15F3N2O2S/c1-16-6-4-7(14-5-6)8(15)13-2-3-17-9(10,11)12/h6-7,14H,2-5H2,1H3,(H,13,15). The van der Waals surface area contributed by atoms with Crippen LogP contribution in [0.15, 0.2) is 0 Å². The lowest BCUT2D eigenvalue weighted by molar-refractivity contribution is -0.122. The van der Waals surface area contributed by atoms with E-state index in [0.717, 1.165) is 0 Å². The van der Waals surface area contributed by atoms with Crippen LogP contribution >= 0.6 is 11.8 Å². The van der Waals surface area contributed by atoms with Gasteiger partial charge in [0.25, 0.3) is 0 Å². The number of rotatable bonds is 5. The van der Waals surface area contributed by atoms with Gasteiger partial charge in [-0.15, -0.1) is 0 Å². The maximum Gasteiger partial charge on any atom is 0.441 e. The van der Waals surface area contributed by atoms with Crippen LogP contribution in [-0.2, 0) is 9.53 Å². The molecule has 1 heterocycles. The van der Waals surface area contributed by atoms with E-state index in [2.05, 4.69) is 10.6 Å². The van der Waals surface area contributed by atoms with Gasteiger partial charge < -0.3 is 15.4 Å². The Labute approximate surface area is 102 Å². The summed E-state index contributed by atoms with van der Waals surface area (Å²) in [7, 11) is 1.56. The molecule has 1 aliphatic heterocycles. The SMILES string of the molecule is COC1CNC(C(=O)NCCSC(F)(F)F)C1. The fourth-order valence-corrected chi connectivity index (χ4v) is 1.98. The molecule has 1 fully saturated rings. The number of ether oxygens (including phenoxy) is 1. The number of amides is 1. The van der Waals surface area contributed by atoms with Gasteiger partial charge in [-0.25, -0.2) is 0 Å². The summed E-state index contributed by atoms with van der Waals surface area (Å²) in [5.74, 6) is -0.442. The minimum absolute atomic E-state index is 0.00435. The monoisotopic (exact) mass is 272 g/mol. The average Bonchev–Trinajstić information content (AvgIpc) is 2.71. The van der Waals surface area contributed by atoms with Crippen molar-refractivity contribution in [2.24, 2.45) is 0 Å². The van der Waals surface area contributed by atoms with E-state index in [9.17, 15) is 18.0 Å². The quantitative estimate of drug-likeness (QED) is 0.725. The summed E-state index contributed by atoms with van der Waals surface area (Å²) < 4.78 is 40.5. The fraction of sp³-hybridized carbons (Fsp3) is 0.889. The summed E-state index contributed by atoms with van der Waals surface area (Å²) in [6.45, 7) is 0.602. The second kappa shape index (κ2) is 6.46. The minimum Gasteiger partial charge on any atom is -0.380 e. The highest BCUT2D eigenvalue weighted by Crippen LogP contribution is 2.29. The van der Waals surface area contributed by atoms with Crippen molar-refractivity contribution in [2.45, 2.75) is 24.1 Å². The second-order valence-corrected chi connectivity index (χ2v) is 4.80. The van der Waals surface area contributed by atoms with Crippen molar-refractivity contribution in [1.29, 1.82) is 0 Å². The molecule has 0 bridgehead atoms. The zero-order valence-corrected chi connectivity index (χ0v) is 10.2. The molecule has 0 radical (unpaired) electrons. The van der Waals surface area contributed by atoms with E-state index in [1.807, 2.05) is 0 Å². The molecule has 2 atom stereocenters. The zero-order valence-electron chi connectivity index (χ0n) is 9.34. The van der Waals surface area contributed by atoms with Crippen LogP contribution < -0.4 is 10.6 Å². The van der Waals surface area contributed by atoms with Crippen molar-refractivity contribution in [2.75, 3.05) is 26.0 Å². The Hall–Kier alpha value is -0.470. The van der Waals surface area contributed by atoms with E-state index >= 15 is 0 Å². The average molecular weight is 272 g/mol. The van der Waals surface area contributed by atoms with Crippen molar-refractivity contribution < 1.29 is 22.7 Å². The van der Waals surface area contributed by atoms with E-state index in [0.29, 0.717) is 13.0 Å². The number of halogens is 3. The van der Waals surface area contributed by atoms with Crippen LogP contribution in [-0.4, -0.2) is 49.5 Å². The number of thioether (sulfide) groups is 1. The number of hydrogen-bond donors (Lipinski definition) is 2. The van der Waals surface area contributed by atoms with Gasteiger partial charge in [-0.05, 0) is 18.2 Å². The van der Waals surface area contributed by atoms with Crippen LogP contribution in [0.25, 0.3) is 0 Å². The van der Waals surface area contributed by atoms with Gasteiger partial charge in [0.2, 0.25) is 5.91 Å². The highest BCUT2D eigenvalue weighted by molar-refractivity contribution is 8.00. The molecule has 2 unspecified atom stereocenters. The van der Waals surface area contributed by atoms with Gasteiger partial charge in [-0.1, -0.05) is 0 Å². The van der Waals surface area contributed by atoms with Gasteiger partial charge in [0, 0.05) is 26.0 Å². The molecule has 17 heavy (non-hydrogen) atoms. The Bertz CT molecular complexity index is 263. The first-order valence-electron chi connectivity index (χ1n) is 5.17. The van der Waals surface area contributed by atoms with Crippen molar-refractivity contribution >= 4 is 17.7 Å². The van der Waals surface area contributed by atoms with Crippen molar-refractivity contribution in [1.82, 2.24) is 10.6 Å². The first-order valence-corrected chi connectivity index (χ1v) is 6.15. The molecule has 2 N–H and O–H groups in total. The van der Waals surface area contributed by atoms with Gasteiger partial charge in [-0.3, -0.25) is 4.79 Å². The van der Waals surface area contributed by atoms with Gasteiger partial charge >= 0.3 is 5.51 Å². The molecule has 8 heteroatoms. The first-order chi connectivity index (χ1) is 7.92. The Balaban J connectivity index is 2.14. The highest BCUT2D eigenvalue weighted by Gasteiger charge is 2.30. The van der Waals surface area contributed by atoms with E-state index in [1.54, 1.807) is 7.11 Å². The largest absolute Gasteiger partial charge is 0.441 e. The third-order valence-corrected chi connectivity index (χ3v) is 3.14. The summed E-state index contributed by atoms with van der Waals surface area (Å²) in [5, 5.41) is 5.41. The number of nitrogens with one attached hydrogen (secondary N) is 2. The van der Waals surface area contributed by atoms with E-state index < -0.39 is 5.51 Å². The van der Waals surface area contributed by atoms with E-state index in [1.165, 1.54) is 0 Å². The fourth-order valence-electron chi connectivity index (χ4n) is 1.55. The van der Waals surface area contributed by atoms with Crippen LogP contribution in [0.3, 0.4) is 0 Å². The Morgan fingerprint density at radius 1 is 1.59 bits per heavy atom. The zero-order chi connectivity index (χ0) is 12.9. The third-order valence-electron chi connectivity index (χ3n) is 2.41. The molecule has 4 nitrogen and oxygen atoms in total. The summed E-state index contributed by atoms with van der Waals surface area (Å²) in [6.07, 6.45) is 0.546. The normalized spacial score (nSPS) is 24.9. The minimum atomic E-state index is -4.24. The molecule has 0 aliphatic carbocycles. The van der Waals surface area contributed by atoms with Crippen LogP contribution in [0.4, 0.5) is 13.2 Å². The first kappa shape index (κ1) is 14.6. The molecule has 0 aromatic carbocycles. The van der Waals surface area contributed by atoms with Gasteiger partial charge in [0.05, 0.1) is 12.1 Å². The van der Waals surface area contributed by atoms with Gasteiger partial charge in [-0.2, -0.15) is 13.2 Å². The number of methoxy groups -OCH3 is 1. The molecule has 0 saturated carbocycles.